The van der Waals surface area contributed by atoms with Crippen LogP contribution >= 0.6 is 11.5 Å². The second kappa shape index (κ2) is 3.54. The van der Waals surface area contributed by atoms with E-state index in [-0.39, 0.29) is 5.56 Å². The summed E-state index contributed by atoms with van der Waals surface area (Å²) in [5.41, 5.74) is 2.14. The lowest BCUT2D eigenvalue weighted by Gasteiger charge is -1.97. The van der Waals surface area contributed by atoms with Gasteiger partial charge in [-0.1, -0.05) is 0 Å². The van der Waals surface area contributed by atoms with Gasteiger partial charge >= 0.3 is 0 Å². The predicted octanol–water partition coefficient (Wildman–Crippen LogP) is 1.15. The number of aromatic nitrogens is 3. The van der Waals surface area contributed by atoms with Gasteiger partial charge in [0.15, 0.2) is 0 Å². The molecule has 2 aromatic rings. The van der Waals surface area contributed by atoms with Crippen molar-refractivity contribution < 1.29 is 4.74 Å². The van der Waals surface area contributed by atoms with E-state index in [1.54, 1.807) is 14.2 Å². The molecule has 5 nitrogen and oxygen atoms in total. The van der Waals surface area contributed by atoms with Crippen molar-refractivity contribution in [2.24, 2.45) is 7.05 Å². The fraction of sp³-hybridized carbons (Fsp3) is 0.333. The molecular weight excluding hydrogens is 214 g/mol. The average Bonchev–Trinajstić information content (AvgIpc) is 2.73. The van der Waals surface area contributed by atoms with Gasteiger partial charge in [0.05, 0.1) is 18.2 Å². The maximum absolute atomic E-state index is 11.8. The van der Waals surface area contributed by atoms with Crippen molar-refractivity contribution in [3.8, 4) is 17.0 Å². The van der Waals surface area contributed by atoms with Crippen LogP contribution in [0.1, 0.15) is 5.69 Å². The van der Waals surface area contributed by atoms with Gasteiger partial charge in [-0.05, 0) is 18.5 Å². The van der Waals surface area contributed by atoms with Gasteiger partial charge < -0.3 is 4.74 Å². The van der Waals surface area contributed by atoms with E-state index in [9.17, 15) is 4.79 Å². The molecule has 0 spiro atoms. The summed E-state index contributed by atoms with van der Waals surface area (Å²) in [6.07, 6.45) is 0. The molecule has 0 saturated carbocycles. The Bertz CT molecular complexity index is 538. The summed E-state index contributed by atoms with van der Waals surface area (Å²) in [5, 5.41) is 4.76. The van der Waals surface area contributed by atoms with Crippen LogP contribution in [0.25, 0.3) is 11.1 Å². The average molecular weight is 225 g/mol. The van der Waals surface area contributed by atoms with Gasteiger partial charge in [-0.2, -0.15) is 4.37 Å². The summed E-state index contributed by atoms with van der Waals surface area (Å²) in [7, 11) is 3.23. The van der Waals surface area contributed by atoms with Crippen LogP contribution in [0.4, 0.5) is 0 Å². The standard InChI is InChI=1S/C9H11N3O2S/c1-5-7(9(13)12(2)10-5)6-4-15-11-8(6)14-3/h4,10H,1-3H3. The molecule has 0 amide bonds. The second-order valence-electron chi connectivity index (χ2n) is 3.21. The molecule has 2 aromatic heterocycles. The van der Waals surface area contributed by atoms with Gasteiger partial charge in [0.25, 0.3) is 5.56 Å². The predicted molar refractivity (Wildman–Crippen MR) is 58.4 cm³/mol. The zero-order valence-electron chi connectivity index (χ0n) is 8.70. The molecule has 0 radical (unpaired) electrons. The fourth-order valence-electron chi connectivity index (χ4n) is 1.54. The van der Waals surface area contributed by atoms with E-state index < -0.39 is 0 Å². The summed E-state index contributed by atoms with van der Waals surface area (Å²) in [6.45, 7) is 1.86. The molecule has 2 rings (SSSR count). The van der Waals surface area contributed by atoms with Crippen LogP contribution in [-0.4, -0.2) is 21.3 Å². The van der Waals surface area contributed by atoms with Gasteiger partial charge in [0, 0.05) is 18.1 Å². The highest BCUT2D eigenvalue weighted by Gasteiger charge is 2.17. The smallest absolute Gasteiger partial charge is 0.274 e. The number of methoxy groups -OCH3 is 1. The number of hydrogen-bond donors (Lipinski definition) is 1. The second-order valence-corrected chi connectivity index (χ2v) is 3.84. The zero-order chi connectivity index (χ0) is 11.0. The highest BCUT2D eigenvalue weighted by molar-refractivity contribution is 7.04. The molecule has 0 fully saturated rings. The third kappa shape index (κ3) is 1.46. The van der Waals surface area contributed by atoms with Crippen molar-refractivity contribution in [2.45, 2.75) is 6.92 Å². The summed E-state index contributed by atoms with van der Waals surface area (Å²) in [6, 6.07) is 0. The normalized spacial score (nSPS) is 10.6. The maximum Gasteiger partial charge on any atom is 0.274 e. The lowest BCUT2D eigenvalue weighted by atomic mass is 10.1. The van der Waals surface area contributed by atoms with Crippen molar-refractivity contribution in [1.82, 2.24) is 14.2 Å². The molecule has 0 aromatic carbocycles. The highest BCUT2D eigenvalue weighted by atomic mass is 32.1. The molecule has 0 aliphatic carbocycles. The van der Waals surface area contributed by atoms with Gasteiger partial charge in [-0.3, -0.25) is 14.6 Å². The molecule has 6 heteroatoms. The fourth-order valence-corrected chi connectivity index (χ4v) is 2.19. The van der Waals surface area contributed by atoms with Crippen LogP contribution in [-0.2, 0) is 7.05 Å². The summed E-state index contributed by atoms with van der Waals surface area (Å²) >= 11 is 1.28. The number of nitrogens with one attached hydrogen (secondary N) is 1. The first-order chi connectivity index (χ1) is 7.15. The Kier molecular flexibility index (Phi) is 2.36. The number of nitrogens with zero attached hydrogens (tertiary/aromatic N) is 2. The van der Waals surface area contributed by atoms with Gasteiger partial charge in [-0.25, -0.2) is 0 Å². The van der Waals surface area contributed by atoms with Crippen molar-refractivity contribution in [3.05, 3.63) is 21.4 Å². The van der Waals surface area contributed by atoms with Gasteiger partial charge in [-0.15, -0.1) is 0 Å². The van der Waals surface area contributed by atoms with E-state index in [0.717, 1.165) is 11.3 Å². The van der Waals surface area contributed by atoms with Crippen molar-refractivity contribution in [1.29, 1.82) is 0 Å². The molecule has 0 saturated heterocycles. The minimum atomic E-state index is -0.0639. The van der Waals surface area contributed by atoms with Crippen LogP contribution in [0, 0.1) is 6.92 Å². The molecule has 2 heterocycles. The first-order valence-corrected chi connectivity index (χ1v) is 5.23. The minimum Gasteiger partial charge on any atom is -0.480 e. The van der Waals surface area contributed by atoms with E-state index in [0.29, 0.717) is 11.4 Å². The third-order valence-corrected chi connectivity index (χ3v) is 2.84. The molecule has 0 unspecified atom stereocenters. The number of rotatable bonds is 2. The molecule has 80 valence electrons. The number of aryl methyl sites for hydroxylation is 2. The first kappa shape index (κ1) is 9.97. The molecule has 1 N–H and O–H groups in total. The van der Waals surface area contributed by atoms with Crippen molar-refractivity contribution in [2.75, 3.05) is 7.11 Å². The van der Waals surface area contributed by atoms with Crippen LogP contribution in [0.3, 0.4) is 0 Å². The Balaban J connectivity index is 2.69. The van der Waals surface area contributed by atoms with E-state index in [1.165, 1.54) is 16.2 Å². The number of aromatic amines is 1. The van der Waals surface area contributed by atoms with E-state index >= 15 is 0 Å². The Morgan fingerprint density at radius 1 is 1.60 bits per heavy atom. The Morgan fingerprint density at radius 2 is 2.33 bits per heavy atom. The molecular formula is C9H11N3O2S. The molecule has 0 bridgehead atoms. The van der Waals surface area contributed by atoms with Crippen molar-refractivity contribution in [3.63, 3.8) is 0 Å². The van der Waals surface area contributed by atoms with Gasteiger partial charge in [0.1, 0.15) is 0 Å². The third-order valence-electron chi connectivity index (χ3n) is 2.23. The maximum atomic E-state index is 11.8. The van der Waals surface area contributed by atoms with Gasteiger partial charge in [0.2, 0.25) is 5.88 Å². The van der Waals surface area contributed by atoms with E-state index in [4.69, 9.17) is 4.74 Å². The van der Waals surface area contributed by atoms with E-state index in [2.05, 4.69) is 9.47 Å². The molecule has 0 atom stereocenters. The SMILES string of the molecule is COc1nscc1-c1c(C)[nH]n(C)c1=O. The Hall–Kier alpha value is -1.56. The minimum absolute atomic E-state index is 0.0639. The molecule has 0 aliphatic heterocycles. The van der Waals surface area contributed by atoms with Crippen molar-refractivity contribution >= 4 is 11.5 Å². The lowest BCUT2D eigenvalue weighted by molar-refractivity contribution is 0.404. The van der Waals surface area contributed by atoms with Crippen LogP contribution < -0.4 is 10.3 Å². The topological polar surface area (TPSA) is 59.9 Å². The monoisotopic (exact) mass is 225 g/mol. The number of hydrogen-bond acceptors (Lipinski definition) is 4. The summed E-state index contributed by atoms with van der Waals surface area (Å²) in [5.74, 6) is 0.500. The van der Waals surface area contributed by atoms with Crippen LogP contribution in [0.15, 0.2) is 10.2 Å². The largest absolute Gasteiger partial charge is 0.480 e. The Labute approximate surface area is 90.5 Å². The zero-order valence-corrected chi connectivity index (χ0v) is 9.51. The first-order valence-electron chi connectivity index (χ1n) is 4.39. The quantitative estimate of drug-likeness (QED) is 0.834. The Morgan fingerprint density at radius 3 is 2.87 bits per heavy atom. The van der Waals surface area contributed by atoms with Crippen LogP contribution in [0.2, 0.25) is 0 Å². The number of ether oxygens (including phenoxy) is 1. The number of H-pyrrole nitrogens is 1. The molecule has 15 heavy (non-hydrogen) atoms. The van der Waals surface area contributed by atoms with E-state index in [1.807, 2.05) is 12.3 Å². The summed E-state index contributed by atoms with van der Waals surface area (Å²) in [4.78, 5) is 11.8. The van der Waals surface area contributed by atoms with Crippen LogP contribution in [0.5, 0.6) is 5.88 Å². The molecule has 0 aliphatic rings. The summed E-state index contributed by atoms with van der Waals surface area (Å²) < 4.78 is 10.6. The lowest BCUT2D eigenvalue weighted by Crippen LogP contribution is -2.13. The highest BCUT2D eigenvalue weighted by Crippen LogP contribution is 2.29.